The van der Waals surface area contributed by atoms with Crippen LogP contribution in [0.1, 0.15) is 54.9 Å². The van der Waals surface area contributed by atoms with Gasteiger partial charge in [0.1, 0.15) is 24.4 Å². The van der Waals surface area contributed by atoms with Crippen LogP contribution in [0.4, 0.5) is 13.2 Å². The number of carbonyl (C=O) groups is 4. The number of fused-ring (bicyclic) bond motifs is 1. The molecule has 256 valence electrons. The molecule has 0 aromatic heterocycles. The van der Waals surface area contributed by atoms with Crippen molar-refractivity contribution in [2.24, 2.45) is 11.8 Å². The topological polar surface area (TPSA) is 170 Å². The van der Waals surface area contributed by atoms with Gasteiger partial charge in [-0.05, 0) is 62.5 Å². The van der Waals surface area contributed by atoms with E-state index < -0.39 is 72.8 Å². The molecule has 0 unspecified atom stereocenters. The van der Waals surface area contributed by atoms with Gasteiger partial charge in [-0.25, -0.2) is 9.59 Å². The summed E-state index contributed by atoms with van der Waals surface area (Å²) >= 11 is 0. The van der Waals surface area contributed by atoms with Crippen molar-refractivity contribution < 1.29 is 61.5 Å². The van der Waals surface area contributed by atoms with E-state index in [1.807, 2.05) is 0 Å². The van der Waals surface area contributed by atoms with Gasteiger partial charge < -0.3 is 39.8 Å². The van der Waals surface area contributed by atoms with Gasteiger partial charge in [-0.15, -0.1) is 0 Å². The number of rotatable bonds is 13. The largest absolute Gasteiger partial charge is 0.456 e. The van der Waals surface area contributed by atoms with Crippen LogP contribution in [0.25, 0.3) is 6.08 Å². The highest BCUT2D eigenvalue weighted by atomic mass is 19.4. The summed E-state index contributed by atoms with van der Waals surface area (Å²) < 4.78 is 60.1. The Morgan fingerprint density at radius 3 is 2.45 bits per heavy atom. The summed E-state index contributed by atoms with van der Waals surface area (Å²) in [5.41, 5.74) is 0.539. The molecule has 2 amide bonds. The lowest BCUT2D eigenvalue weighted by Crippen LogP contribution is -2.54. The Hall–Kier alpha value is -3.79. The molecule has 4 aliphatic rings. The maximum Gasteiger partial charge on any atom is 0.422 e. The Labute approximate surface area is 268 Å². The van der Waals surface area contributed by atoms with Gasteiger partial charge in [0, 0.05) is 36.5 Å². The fraction of sp³-hybridized carbons (Fsp3) is 0.562. The standard InChI is InChI=1S/C32H37F3N2O10/c1-17(39)26(29(42)36-11-12-38)37-28(41)20-14-23(27-24(15-20)46-32(47-27,21-6-7-21)22-8-9-22)45-30(43)19-4-2-3-18(13-19)5-10-25(40)44-16-31(33,34)35/h2-5,10,13,15,17,21-24,26-27,38-39H,6-9,11-12,14,16H2,1H3,(H,36,42)(H,37,41)/t17-,23+,24+,26+,27-/m0/s1. The minimum absolute atomic E-state index is 0.0669. The number of esters is 2. The van der Waals surface area contributed by atoms with Crippen LogP contribution < -0.4 is 10.6 Å². The summed E-state index contributed by atoms with van der Waals surface area (Å²) in [6.07, 6.45) is -1.21. The van der Waals surface area contributed by atoms with Crippen molar-refractivity contribution in [2.45, 2.75) is 81.4 Å². The SMILES string of the molecule is C[C@H](O)[C@@H](NC(=O)C1=C[C@H]2OC(C3CC3)(C3CC3)O[C@H]2[C@H](OC(=O)c2cccc(C=CC(=O)OCC(F)(F)F)c2)C1)C(=O)NCCO. The van der Waals surface area contributed by atoms with Crippen LogP contribution in [0, 0.1) is 11.8 Å². The van der Waals surface area contributed by atoms with Crippen LogP contribution in [0.3, 0.4) is 0 Å². The summed E-state index contributed by atoms with van der Waals surface area (Å²) in [4.78, 5) is 51.1. The summed E-state index contributed by atoms with van der Waals surface area (Å²) in [6.45, 7) is -0.799. The third kappa shape index (κ3) is 8.58. The minimum atomic E-state index is -4.67. The Bertz CT molecular complexity index is 1410. The molecule has 5 rings (SSSR count). The molecule has 12 nitrogen and oxygen atoms in total. The molecule has 1 aromatic rings. The summed E-state index contributed by atoms with van der Waals surface area (Å²) in [6, 6.07) is 4.53. The Morgan fingerprint density at radius 2 is 1.83 bits per heavy atom. The van der Waals surface area contributed by atoms with E-state index in [0.717, 1.165) is 31.8 Å². The minimum Gasteiger partial charge on any atom is -0.456 e. The quantitative estimate of drug-likeness (QED) is 0.180. The number of benzene rings is 1. The first-order chi connectivity index (χ1) is 22.3. The average molecular weight is 667 g/mol. The van der Waals surface area contributed by atoms with Crippen LogP contribution >= 0.6 is 0 Å². The monoisotopic (exact) mass is 666 g/mol. The smallest absolute Gasteiger partial charge is 0.422 e. The maximum absolute atomic E-state index is 13.4. The third-order valence-electron chi connectivity index (χ3n) is 8.33. The second-order valence-corrected chi connectivity index (χ2v) is 12.2. The number of aliphatic hydroxyl groups is 2. The Morgan fingerprint density at radius 1 is 1.13 bits per heavy atom. The predicted octanol–water partition coefficient (Wildman–Crippen LogP) is 1.94. The fourth-order valence-electron chi connectivity index (χ4n) is 5.84. The number of nitrogens with one attached hydrogen (secondary N) is 2. The molecular formula is C32H37F3N2O10. The molecule has 15 heteroatoms. The molecule has 1 aromatic carbocycles. The average Bonchev–Trinajstić information content (AvgIpc) is 3.97. The van der Waals surface area contributed by atoms with Crippen LogP contribution in [-0.2, 0) is 33.3 Å². The van der Waals surface area contributed by atoms with Crippen molar-refractivity contribution in [2.75, 3.05) is 19.8 Å². The van der Waals surface area contributed by atoms with Crippen molar-refractivity contribution in [3.05, 3.63) is 53.1 Å². The third-order valence-corrected chi connectivity index (χ3v) is 8.33. The molecule has 3 aliphatic carbocycles. The number of alkyl halides is 3. The highest BCUT2D eigenvalue weighted by Crippen LogP contribution is 2.59. The van der Waals surface area contributed by atoms with E-state index in [-0.39, 0.29) is 42.5 Å². The van der Waals surface area contributed by atoms with Gasteiger partial charge in [0.05, 0.1) is 18.3 Å². The summed E-state index contributed by atoms with van der Waals surface area (Å²) in [5, 5.41) is 24.2. The zero-order valence-corrected chi connectivity index (χ0v) is 25.5. The molecule has 0 bridgehead atoms. The van der Waals surface area contributed by atoms with Crippen molar-refractivity contribution in [1.29, 1.82) is 0 Å². The first-order valence-corrected chi connectivity index (χ1v) is 15.5. The van der Waals surface area contributed by atoms with Crippen molar-refractivity contribution in [3.63, 3.8) is 0 Å². The van der Waals surface area contributed by atoms with Gasteiger partial charge >= 0.3 is 18.1 Å². The molecular weight excluding hydrogens is 629 g/mol. The van der Waals surface area contributed by atoms with Crippen LogP contribution in [-0.4, -0.2) is 96.1 Å². The number of ether oxygens (including phenoxy) is 4. The van der Waals surface area contributed by atoms with E-state index in [2.05, 4.69) is 15.4 Å². The van der Waals surface area contributed by atoms with Gasteiger partial charge in [0.15, 0.2) is 12.4 Å². The van der Waals surface area contributed by atoms with Crippen molar-refractivity contribution in [3.8, 4) is 0 Å². The van der Waals surface area contributed by atoms with Gasteiger partial charge in [-0.2, -0.15) is 13.2 Å². The van der Waals surface area contributed by atoms with Gasteiger partial charge in [-0.1, -0.05) is 12.1 Å². The van der Waals surface area contributed by atoms with Crippen molar-refractivity contribution >= 4 is 29.8 Å². The normalized spacial score (nSPS) is 24.9. The lowest BCUT2D eigenvalue weighted by Gasteiger charge is -2.31. The first-order valence-electron chi connectivity index (χ1n) is 15.5. The number of hydrogen-bond acceptors (Lipinski definition) is 10. The van der Waals surface area contributed by atoms with E-state index >= 15 is 0 Å². The molecule has 1 aliphatic heterocycles. The van der Waals surface area contributed by atoms with E-state index in [1.165, 1.54) is 37.3 Å². The first kappa shape index (κ1) is 34.5. The zero-order chi connectivity index (χ0) is 33.9. The molecule has 0 spiro atoms. The molecule has 5 atom stereocenters. The van der Waals surface area contributed by atoms with Crippen molar-refractivity contribution in [1.82, 2.24) is 10.6 Å². The Balaban J connectivity index is 1.33. The van der Waals surface area contributed by atoms with Gasteiger partial charge in [-0.3, -0.25) is 9.59 Å². The second-order valence-electron chi connectivity index (χ2n) is 12.2. The van der Waals surface area contributed by atoms with Crippen LogP contribution in [0.2, 0.25) is 0 Å². The molecule has 1 heterocycles. The number of hydrogen-bond donors (Lipinski definition) is 4. The lowest BCUT2D eigenvalue weighted by atomic mass is 9.91. The van der Waals surface area contributed by atoms with E-state index in [1.54, 1.807) is 6.08 Å². The fourth-order valence-corrected chi connectivity index (χ4v) is 5.84. The highest BCUT2D eigenvalue weighted by molar-refractivity contribution is 5.97. The van der Waals surface area contributed by atoms with Gasteiger partial charge in [0.2, 0.25) is 11.8 Å². The zero-order valence-electron chi connectivity index (χ0n) is 25.5. The molecule has 3 fully saturated rings. The van der Waals surface area contributed by atoms with E-state index in [4.69, 9.17) is 19.3 Å². The van der Waals surface area contributed by atoms with Crippen LogP contribution in [0.15, 0.2) is 42.0 Å². The Kier molecular flexibility index (Phi) is 10.4. The number of carbonyl (C=O) groups excluding carboxylic acids is 4. The maximum atomic E-state index is 13.4. The molecule has 47 heavy (non-hydrogen) atoms. The number of amides is 2. The van der Waals surface area contributed by atoms with E-state index in [9.17, 15) is 37.5 Å². The molecule has 4 N–H and O–H groups in total. The molecule has 0 radical (unpaired) electrons. The second kappa shape index (κ2) is 14.1. The van der Waals surface area contributed by atoms with Crippen LogP contribution in [0.5, 0.6) is 0 Å². The highest BCUT2D eigenvalue weighted by Gasteiger charge is 2.64. The van der Waals surface area contributed by atoms with Gasteiger partial charge in [0.25, 0.3) is 0 Å². The lowest BCUT2D eigenvalue weighted by molar-refractivity contribution is -0.209. The molecule has 2 saturated carbocycles. The summed E-state index contributed by atoms with van der Waals surface area (Å²) in [5.74, 6) is -3.89. The number of aliphatic hydroxyl groups excluding tert-OH is 2. The summed E-state index contributed by atoms with van der Waals surface area (Å²) in [7, 11) is 0. The van der Waals surface area contributed by atoms with E-state index in [0.29, 0.717) is 5.56 Å². The number of halogens is 3. The molecule has 1 saturated heterocycles. The predicted molar refractivity (Wildman–Crippen MR) is 156 cm³/mol.